The van der Waals surface area contributed by atoms with Gasteiger partial charge in [-0.1, -0.05) is 6.92 Å². The summed E-state index contributed by atoms with van der Waals surface area (Å²) in [6.45, 7) is 4.01. The highest BCUT2D eigenvalue weighted by molar-refractivity contribution is 5.94. The van der Waals surface area contributed by atoms with Crippen LogP contribution in [0.2, 0.25) is 0 Å². The summed E-state index contributed by atoms with van der Waals surface area (Å²) in [4.78, 5) is 11.3. The summed E-state index contributed by atoms with van der Waals surface area (Å²) < 4.78 is 10.8. The Balaban J connectivity index is 2.97. The number of methoxy groups -OCH3 is 1. The van der Waals surface area contributed by atoms with Gasteiger partial charge in [0.25, 0.3) is 5.91 Å². The zero-order valence-electron chi connectivity index (χ0n) is 10.3. The first-order chi connectivity index (χ1) is 8.12. The number of hydrogen-bond donors (Lipinski definition) is 2. The van der Waals surface area contributed by atoms with E-state index in [4.69, 9.17) is 15.3 Å². The highest BCUT2D eigenvalue weighted by Gasteiger charge is 2.11. The van der Waals surface area contributed by atoms with E-state index < -0.39 is 0 Å². The molecule has 0 aliphatic rings. The summed E-state index contributed by atoms with van der Waals surface area (Å²) in [7, 11) is 1.53. The van der Waals surface area contributed by atoms with Gasteiger partial charge in [0.2, 0.25) is 0 Å². The summed E-state index contributed by atoms with van der Waals surface area (Å²) in [5, 5.41) is 0. The number of hydrazine groups is 1. The minimum absolute atomic E-state index is 0.0954. The second-order valence-corrected chi connectivity index (χ2v) is 3.68. The van der Waals surface area contributed by atoms with E-state index in [-0.39, 0.29) is 12.0 Å². The van der Waals surface area contributed by atoms with E-state index in [1.54, 1.807) is 18.2 Å². The average molecular weight is 238 g/mol. The van der Waals surface area contributed by atoms with Gasteiger partial charge < -0.3 is 9.47 Å². The summed E-state index contributed by atoms with van der Waals surface area (Å²) in [6, 6.07) is 4.94. The van der Waals surface area contributed by atoms with E-state index in [1.165, 1.54) is 7.11 Å². The number of hydrogen-bond acceptors (Lipinski definition) is 4. The highest BCUT2D eigenvalue weighted by Crippen LogP contribution is 2.29. The maximum Gasteiger partial charge on any atom is 0.265 e. The number of carbonyl (C=O) groups excluding carboxylic acids is 1. The third-order valence-corrected chi connectivity index (χ3v) is 2.46. The molecule has 0 aliphatic carbocycles. The Kier molecular flexibility index (Phi) is 4.78. The minimum atomic E-state index is -0.363. The van der Waals surface area contributed by atoms with Crippen molar-refractivity contribution in [1.82, 2.24) is 5.43 Å². The largest absolute Gasteiger partial charge is 0.493 e. The molecule has 17 heavy (non-hydrogen) atoms. The predicted octanol–water partition coefficient (Wildman–Crippen LogP) is 1.48. The lowest BCUT2D eigenvalue weighted by Gasteiger charge is -2.15. The Bertz CT molecular complexity index is 393. The molecule has 0 aliphatic heterocycles. The summed E-state index contributed by atoms with van der Waals surface area (Å²) >= 11 is 0. The number of ether oxygens (including phenoxy) is 2. The van der Waals surface area contributed by atoms with E-state index in [0.29, 0.717) is 17.1 Å². The fourth-order valence-electron chi connectivity index (χ4n) is 1.29. The monoisotopic (exact) mass is 238 g/mol. The van der Waals surface area contributed by atoms with Crippen molar-refractivity contribution in [2.45, 2.75) is 26.4 Å². The summed E-state index contributed by atoms with van der Waals surface area (Å²) in [5.74, 6) is 5.84. The molecule has 0 saturated carbocycles. The molecule has 5 nitrogen and oxygen atoms in total. The van der Waals surface area contributed by atoms with Crippen LogP contribution in [-0.4, -0.2) is 19.1 Å². The van der Waals surface area contributed by atoms with E-state index in [2.05, 4.69) is 5.43 Å². The second-order valence-electron chi connectivity index (χ2n) is 3.68. The van der Waals surface area contributed by atoms with E-state index in [1.807, 2.05) is 13.8 Å². The Morgan fingerprint density at radius 1 is 1.47 bits per heavy atom. The molecular weight excluding hydrogens is 220 g/mol. The van der Waals surface area contributed by atoms with Gasteiger partial charge in [-0.15, -0.1) is 0 Å². The van der Waals surface area contributed by atoms with Crippen LogP contribution in [0.1, 0.15) is 30.6 Å². The first-order valence-corrected chi connectivity index (χ1v) is 5.48. The number of nitrogens with one attached hydrogen (secondary N) is 1. The maximum atomic E-state index is 11.3. The molecule has 1 aromatic carbocycles. The molecule has 94 valence electrons. The smallest absolute Gasteiger partial charge is 0.265 e. The third-order valence-electron chi connectivity index (χ3n) is 2.46. The molecule has 0 saturated heterocycles. The Morgan fingerprint density at radius 3 is 2.71 bits per heavy atom. The molecule has 0 spiro atoms. The lowest BCUT2D eigenvalue weighted by Crippen LogP contribution is -2.29. The number of nitrogen functional groups attached to an aromatic ring is 1. The van der Waals surface area contributed by atoms with Crippen LogP contribution in [0.4, 0.5) is 0 Å². The maximum absolute atomic E-state index is 11.3. The van der Waals surface area contributed by atoms with E-state index >= 15 is 0 Å². The van der Waals surface area contributed by atoms with Gasteiger partial charge in [-0.3, -0.25) is 10.2 Å². The molecule has 0 aromatic heterocycles. The Morgan fingerprint density at radius 2 is 2.18 bits per heavy atom. The number of benzene rings is 1. The van der Waals surface area contributed by atoms with Crippen molar-refractivity contribution in [3.63, 3.8) is 0 Å². The van der Waals surface area contributed by atoms with Crippen molar-refractivity contribution < 1.29 is 14.3 Å². The van der Waals surface area contributed by atoms with Crippen LogP contribution in [0.5, 0.6) is 11.5 Å². The van der Waals surface area contributed by atoms with Crippen LogP contribution in [0.15, 0.2) is 18.2 Å². The topological polar surface area (TPSA) is 73.6 Å². The lowest BCUT2D eigenvalue weighted by molar-refractivity contribution is 0.0953. The SMILES string of the molecule is CC[C@@H](C)Oc1ccc(C(=O)NN)cc1OC. The molecule has 0 fully saturated rings. The van der Waals surface area contributed by atoms with Crippen molar-refractivity contribution >= 4 is 5.91 Å². The molecule has 0 radical (unpaired) electrons. The minimum Gasteiger partial charge on any atom is -0.493 e. The first kappa shape index (κ1) is 13.3. The highest BCUT2D eigenvalue weighted by atomic mass is 16.5. The summed E-state index contributed by atoms with van der Waals surface area (Å²) in [6.07, 6.45) is 0.992. The Hall–Kier alpha value is -1.75. The van der Waals surface area contributed by atoms with Crippen molar-refractivity contribution in [2.75, 3.05) is 7.11 Å². The molecule has 5 heteroatoms. The molecule has 0 unspecified atom stereocenters. The van der Waals surface area contributed by atoms with Crippen molar-refractivity contribution in [1.29, 1.82) is 0 Å². The molecule has 1 aromatic rings. The van der Waals surface area contributed by atoms with Crippen LogP contribution in [0.3, 0.4) is 0 Å². The van der Waals surface area contributed by atoms with Crippen molar-refractivity contribution in [2.24, 2.45) is 5.84 Å². The van der Waals surface area contributed by atoms with Crippen molar-refractivity contribution in [3.8, 4) is 11.5 Å². The first-order valence-electron chi connectivity index (χ1n) is 5.48. The molecular formula is C12H18N2O3. The van der Waals surface area contributed by atoms with Crippen LogP contribution in [0.25, 0.3) is 0 Å². The standard InChI is InChI=1S/C12H18N2O3/c1-4-8(2)17-10-6-5-9(12(15)14-13)7-11(10)16-3/h5-8H,4,13H2,1-3H3,(H,14,15)/t8-/m1/s1. The third kappa shape index (κ3) is 3.35. The lowest BCUT2D eigenvalue weighted by atomic mass is 10.2. The van der Waals surface area contributed by atoms with Gasteiger partial charge in [0.05, 0.1) is 13.2 Å². The zero-order valence-corrected chi connectivity index (χ0v) is 10.3. The Labute approximate surface area is 101 Å². The fourth-order valence-corrected chi connectivity index (χ4v) is 1.29. The van der Waals surface area contributed by atoms with E-state index in [0.717, 1.165) is 6.42 Å². The second kappa shape index (κ2) is 6.10. The van der Waals surface area contributed by atoms with Crippen LogP contribution in [0, 0.1) is 0 Å². The molecule has 0 heterocycles. The van der Waals surface area contributed by atoms with Crippen LogP contribution >= 0.6 is 0 Å². The predicted molar refractivity (Wildman–Crippen MR) is 65.0 cm³/mol. The van der Waals surface area contributed by atoms with Crippen LogP contribution < -0.4 is 20.7 Å². The van der Waals surface area contributed by atoms with Crippen LogP contribution in [-0.2, 0) is 0 Å². The normalized spacial score (nSPS) is 11.8. The number of amides is 1. The molecule has 1 rings (SSSR count). The molecule has 3 N–H and O–H groups in total. The van der Waals surface area contributed by atoms with Gasteiger partial charge in [0.1, 0.15) is 0 Å². The fraction of sp³-hybridized carbons (Fsp3) is 0.417. The van der Waals surface area contributed by atoms with E-state index in [9.17, 15) is 4.79 Å². The van der Waals surface area contributed by atoms with Gasteiger partial charge in [-0.25, -0.2) is 5.84 Å². The van der Waals surface area contributed by atoms with Gasteiger partial charge in [0, 0.05) is 5.56 Å². The molecule has 1 amide bonds. The van der Waals surface area contributed by atoms with Crippen molar-refractivity contribution in [3.05, 3.63) is 23.8 Å². The number of carbonyl (C=O) groups is 1. The summed E-state index contributed by atoms with van der Waals surface area (Å²) in [5.41, 5.74) is 2.50. The number of rotatable bonds is 5. The van der Waals surface area contributed by atoms with Gasteiger partial charge in [0.15, 0.2) is 11.5 Å². The average Bonchev–Trinajstić information content (AvgIpc) is 2.37. The number of nitrogens with two attached hydrogens (primary N) is 1. The molecule has 1 atom stereocenters. The quantitative estimate of drug-likeness (QED) is 0.463. The zero-order chi connectivity index (χ0) is 12.8. The van der Waals surface area contributed by atoms with Gasteiger partial charge in [-0.05, 0) is 31.5 Å². The van der Waals surface area contributed by atoms with Gasteiger partial charge in [-0.2, -0.15) is 0 Å². The van der Waals surface area contributed by atoms with Gasteiger partial charge >= 0.3 is 0 Å². The molecule has 0 bridgehead atoms.